The van der Waals surface area contributed by atoms with Crippen molar-refractivity contribution in [1.29, 1.82) is 5.26 Å². The van der Waals surface area contributed by atoms with Crippen LogP contribution in [0, 0.1) is 11.3 Å². The number of hydrogen-bond acceptors (Lipinski definition) is 4. The first-order valence-corrected chi connectivity index (χ1v) is 7.72. The molecule has 0 unspecified atom stereocenters. The highest BCUT2D eigenvalue weighted by atomic mass is 16.5. The number of ether oxygens (including phenoxy) is 1. The molecule has 5 heteroatoms. The van der Waals surface area contributed by atoms with Crippen LogP contribution in [0.25, 0.3) is 11.6 Å². The smallest absolute Gasteiger partial charge is 0.255 e. The van der Waals surface area contributed by atoms with Gasteiger partial charge in [-0.3, -0.25) is 4.79 Å². The third-order valence-corrected chi connectivity index (χ3v) is 4.13. The normalized spacial score (nSPS) is 14.8. The van der Waals surface area contributed by atoms with Gasteiger partial charge < -0.3 is 10.5 Å². The topological polar surface area (TPSA) is 89.0 Å². The van der Waals surface area contributed by atoms with E-state index in [-0.39, 0.29) is 17.0 Å². The first kappa shape index (κ1) is 15.8. The van der Waals surface area contributed by atoms with Gasteiger partial charge in [0.2, 0.25) is 5.88 Å². The molecule has 0 radical (unpaired) electrons. The monoisotopic (exact) mass is 319 g/mol. The zero-order chi connectivity index (χ0) is 17.1. The van der Waals surface area contributed by atoms with Crippen LogP contribution in [0.3, 0.4) is 0 Å². The second-order valence-corrected chi connectivity index (χ2v) is 5.61. The number of allylic oxidation sites excluding steroid dienone is 1. The molecular weight excluding hydrogens is 302 g/mol. The van der Waals surface area contributed by atoms with Crippen molar-refractivity contribution in [2.45, 2.75) is 19.3 Å². The summed E-state index contributed by atoms with van der Waals surface area (Å²) in [5.41, 5.74) is 9.39. The van der Waals surface area contributed by atoms with Crippen molar-refractivity contribution in [3.05, 3.63) is 58.3 Å². The van der Waals surface area contributed by atoms with E-state index in [4.69, 9.17) is 10.5 Å². The zero-order valence-electron chi connectivity index (χ0n) is 13.4. The fourth-order valence-corrected chi connectivity index (χ4v) is 3.07. The number of amides is 1. The molecule has 0 aliphatic heterocycles. The van der Waals surface area contributed by atoms with E-state index in [1.807, 2.05) is 30.3 Å². The van der Waals surface area contributed by atoms with Crippen LogP contribution in [0.1, 0.15) is 45.6 Å². The fourth-order valence-electron chi connectivity index (χ4n) is 3.07. The standard InChI is InChI=1S/C19H17N3O2/c1-24-19-16(18(21)23)15(11-20)14-9-5-8-13(17(14)22-19)10-12-6-3-2-4-7-12/h2-4,6-7,10H,5,8-9H2,1H3,(H2,21,23)/b13-10+. The Morgan fingerprint density at radius 3 is 2.71 bits per heavy atom. The number of primary amides is 1. The van der Waals surface area contributed by atoms with Gasteiger partial charge in [0.25, 0.3) is 5.91 Å². The summed E-state index contributed by atoms with van der Waals surface area (Å²) in [7, 11) is 1.42. The summed E-state index contributed by atoms with van der Waals surface area (Å²) >= 11 is 0. The zero-order valence-corrected chi connectivity index (χ0v) is 13.4. The number of aromatic nitrogens is 1. The van der Waals surface area contributed by atoms with Gasteiger partial charge in [-0.25, -0.2) is 4.98 Å². The number of carbonyl (C=O) groups excluding carboxylic acids is 1. The van der Waals surface area contributed by atoms with Gasteiger partial charge in [-0.15, -0.1) is 0 Å². The van der Waals surface area contributed by atoms with Gasteiger partial charge >= 0.3 is 0 Å². The van der Waals surface area contributed by atoms with Crippen LogP contribution in [0.15, 0.2) is 30.3 Å². The van der Waals surface area contributed by atoms with E-state index in [9.17, 15) is 10.1 Å². The Hall–Kier alpha value is -3.13. The highest BCUT2D eigenvalue weighted by Crippen LogP contribution is 2.36. The molecule has 0 saturated heterocycles. The Morgan fingerprint density at radius 1 is 1.33 bits per heavy atom. The van der Waals surface area contributed by atoms with Crippen LogP contribution >= 0.6 is 0 Å². The molecule has 24 heavy (non-hydrogen) atoms. The van der Waals surface area contributed by atoms with Crippen LogP contribution < -0.4 is 10.5 Å². The molecule has 0 fully saturated rings. The fraction of sp³-hybridized carbons (Fsp3) is 0.211. The van der Waals surface area contributed by atoms with Crippen LogP contribution in [0.2, 0.25) is 0 Å². The van der Waals surface area contributed by atoms with E-state index in [1.165, 1.54) is 7.11 Å². The van der Waals surface area contributed by atoms with E-state index in [0.29, 0.717) is 6.42 Å². The molecule has 2 aromatic rings. The first-order valence-electron chi connectivity index (χ1n) is 7.72. The van der Waals surface area contributed by atoms with Gasteiger partial charge in [-0.1, -0.05) is 30.3 Å². The molecule has 1 heterocycles. The molecule has 0 bridgehead atoms. The first-order chi connectivity index (χ1) is 11.7. The lowest BCUT2D eigenvalue weighted by molar-refractivity contribution is 0.0996. The number of carbonyl (C=O) groups is 1. The number of methoxy groups -OCH3 is 1. The van der Waals surface area contributed by atoms with Gasteiger partial charge in [0.05, 0.1) is 18.4 Å². The molecule has 1 aliphatic carbocycles. The van der Waals surface area contributed by atoms with Gasteiger partial charge in [-0.2, -0.15) is 5.26 Å². The molecule has 2 N–H and O–H groups in total. The average Bonchev–Trinajstić information content (AvgIpc) is 2.61. The van der Waals surface area contributed by atoms with Crippen LogP contribution in [0.4, 0.5) is 0 Å². The minimum atomic E-state index is -0.696. The summed E-state index contributed by atoms with van der Waals surface area (Å²) in [6.45, 7) is 0. The number of rotatable bonds is 3. The molecule has 0 spiro atoms. The quantitative estimate of drug-likeness (QED) is 0.942. The lowest BCUT2D eigenvalue weighted by atomic mass is 9.86. The number of nitriles is 1. The van der Waals surface area contributed by atoms with Crippen molar-refractivity contribution >= 4 is 17.6 Å². The maximum Gasteiger partial charge on any atom is 0.255 e. The maximum absolute atomic E-state index is 11.8. The molecule has 0 saturated carbocycles. The van der Waals surface area contributed by atoms with Crippen LogP contribution in [0.5, 0.6) is 5.88 Å². The van der Waals surface area contributed by atoms with Crippen molar-refractivity contribution < 1.29 is 9.53 Å². The number of nitrogens with two attached hydrogens (primary N) is 1. The number of pyridine rings is 1. The van der Waals surface area contributed by atoms with E-state index >= 15 is 0 Å². The van der Waals surface area contributed by atoms with Gasteiger partial charge in [-0.05, 0) is 42.0 Å². The molecule has 3 rings (SSSR count). The molecule has 5 nitrogen and oxygen atoms in total. The number of nitrogens with zero attached hydrogens (tertiary/aromatic N) is 2. The SMILES string of the molecule is COc1nc2c(c(C#N)c1C(N)=O)CCC/C2=C\c1ccccc1. The molecular formula is C19H17N3O2. The minimum absolute atomic E-state index is 0.0692. The number of benzene rings is 1. The number of fused-ring (bicyclic) bond motifs is 1. The van der Waals surface area contributed by atoms with Crippen molar-refractivity contribution in [2.75, 3.05) is 7.11 Å². The van der Waals surface area contributed by atoms with Crippen molar-refractivity contribution in [3.8, 4) is 11.9 Å². The van der Waals surface area contributed by atoms with Gasteiger partial charge in [0, 0.05) is 0 Å². The Labute approximate surface area is 140 Å². The Morgan fingerprint density at radius 2 is 2.08 bits per heavy atom. The summed E-state index contributed by atoms with van der Waals surface area (Å²) in [5.74, 6) is -0.587. The van der Waals surface area contributed by atoms with Crippen molar-refractivity contribution in [3.63, 3.8) is 0 Å². The summed E-state index contributed by atoms with van der Waals surface area (Å²) < 4.78 is 5.22. The predicted octanol–water partition coefficient (Wildman–Crippen LogP) is 2.94. The Bertz CT molecular complexity index is 864. The lowest BCUT2D eigenvalue weighted by Gasteiger charge is -2.21. The molecule has 1 amide bonds. The highest BCUT2D eigenvalue weighted by molar-refractivity contribution is 5.99. The minimum Gasteiger partial charge on any atom is -0.480 e. The summed E-state index contributed by atoms with van der Waals surface area (Å²) in [6.07, 6.45) is 4.52. The van der Waals surface area contributed by atoms with E-state index in [2.05, 4.69) is 17.1 Å². The lowest BCUT2D eigenvalue weighted by Crippen LogP contribution is -2.19. The predicted molar refractivity (Wildman–Crippen MR) is 91.3 cm³/mol. The molecule has 0 atom stereocenters. The van der Waals surface area contributed by atoms with Gasteiger partial charge in [0.1, 0.15) is 11.6 Å². The summed E-state index contributed by atoms with van der Waals surface area (Å²) in [5, 5.41) is 9.56. The Balaban J connectivity index is 2.23. The average molecular weight is 319 g/mol. The van der Waals surface area contributed by atoms with E-state index in [0.717, 1.165) is 35.2 Å². The molecule has 1 aliphatic rings. The summed E-state index contributed by atoms with van der Waals surface area (Å²) in [4.78, 5) is 16.3. The second kappa shape index (κ2) is 6.55. The highest BCUT2D eigenvalue weighted by Gasteiger charge is 2.27. The largest absolute Gasteiger partial charge is 0.480 e. The van der Waals surface area contributed by atoms with E-state index in [1.54, 1.807) is 0 Å². The van der Waals surface area contributed by atoms with Crippen LogP contribution in [-0.4, -0.2) is 18.0 Å². The summed E-state index contributed by atoms with van der Waals surface area (Å²) in [6, 6.07) is 12.1. The third kappa shape index (κ3) is 2.74. The Kier molecular flexibility index (Phi) is 4.30. The molecule has 120 valence electrons. The number of hydrogen-bond donors (Lipinski definition) is 1. The van der Waals surface area contributed by atoms with Crippen molar-refractivity contribution in [2.24, 2.45) is 5.73 Å². The molecule has 1 aromatic carbocycles. The molecule has 1 aromatic heterocycles. The van der Waals surface area contributed by atoms with E-state index < -0.39 is 5.91 Å². The van der Waals surface area contributed by atoms with Gasteiger partial charge in [0.15, 0.2) is 0 Å². The van der Waals surface area contributed by atoms with Crippen molar-refractivity contribution in [1.82, 2.24) is 4.98 Å². The third-order valence-electron chi connectivity index (χ3n) is 4.13. The maximum atomic E-state index is 11.8. The van der Waals surface area contributed by atoms with Crippen LogP contribution in [-0.2, 0) is 6.42 Å². The second-order valence-electron chi connectivity index (χ2n) is 5.61.